The molecule has 2 aromatic rings. The number of aromatic hydroxyl groups is 1. The standard InChI is InChI=1S/C13H12FNO3S/c14-11-6-2-1-5-10(11)9-15-19(17,18)13-8-4-3-7-12(13)16/h1-8,15-16H,9H2. The second-order valence-corrected chi connectivity index (χ2v) is 5.62. The first kappa shape index (κ1) is 13.5. The molecule has 0 radical (unpaired) electrons. The summed E-state index contributed by atoms with van der Waals surface area (Å²) in [6.45, 7) is -0.177. The van der Waals surface area contributed by atoms with Crippen LogP contribution in [0.1, 0.15) is 5.56 Å². The van der Waals surface area contributed by atoms with E-state index in [9.17, 15) is 17.9 Å². The van der Waals surface area contributed by atoms with Gasteiger partial charge in [0.05, 0.1) is 0 Å². The van der Waals surface area contributed by atoms with Crippen molar-refractivity contribution < 1.29 is 17.9 Å². The average molecular weight is 281 g/mol. The molecule has 100 valence electrons. The second-order valence-electron chi connectivity index (χ2n) is 3.88. The zero-order valence-corrected chi connectivity index (χ0v) is 10.7. The molecule has 2 N–H and O–H groups in total. The zero-order valence-electron chi connectivity index (χ0n) is 9.88. The number of nitrogens with one attached hydrogen (secondary N) is 1. The number of benzene rings is 2. The number of halogens is 1. The van der Waals surface area contributed by atoms with E-state index in [1.165, 1.54) is 42.5 Å². The summed E-state index contributed by atoms with van der Waals surface area (Å²) in [4.78, 5) is -0.230. The van der Waals surface area contributed by atoms with Gasteiger partial charge in [-0.2, -0.15) is 0 Å². The molecule has 0 heterocycles. The van der Waals surface area contributed by atoms with E-state index in [1.807, 2.05) is 0 Å². The van der Waals surface area contributed by atoms with Gasteiger partial charge in [0.1, 0.15) is 16.5 Å². The van der Waals surface area contributed by atoms with E-state index >= 15 is 0 Å². The SMILES string of the molecule is O=S(=O)(NCc1ccccc1F)c1ccccc1O. The highest BCUT2D eigenvalue weighted by molar-refractivity contribution is 7.89. The Morgan fingerprint density at radius 1 is 1.05 bits per heavy atom. The van der Waals surface area contributed by atoms with Crippen molar-refractivity contribution in [1.82, 2.24) is 4.72 Å². The molecule has 0 atom stereocenters. The molecule has 0 bridgehead atoms. The Bertz CT molecular complexity index is 686. The molecule has 0 saturated carbocycles. The van der Waals surface area contributed by atoms with Crippen LogP contribution in [0, 0.1) is 5.82 Å². The number of sulfonamides is 1. The van der Waals surface area contributed by atoms with Crippen LogP contribution in [-0.4, -0.2) is 13.5 Å². The lowest BCUT2D eigenvalue weighted by molar-refractivity contribution is 0.458. The molecule has 6 heteroatoms. The summed E-state index contributed by atoms with van der Waals surface area (Å²) in [5, 5.41) is 9.50. The van der Waals surface area contributed by atoms with Crippen LogP contribution in [0.15, 0.2) is 53.4 Å². The molecule has 19 heavy (non-hydrogen) atoms. The number of phenols is 1. The Morgan fingerprint density at radius 2 is 1.68 bits per heavy atom. The minimum absolute atomic E-state index is 0.177. The third-order valence-corrected chi connectivity index (χ3v) is 4.01. The largest absolute Gasteiger partial charge is 0.507 e. The van der Waals surface area contributed by atoms with Crippen LogP contribution >= 0.6 is 0 Å². The van der Waals surface area contributed by atoms with E-state index in [1.54, 1.807) is 6.07 Å². The first-order valence-electron chi connectivity index (χ1n) is 5.52. The van der Waals surface area contributed by atoms with Crippen molar-refractivity contribution in [3.63, 3.8) is 0 Å². The van der Waals surface area contributed by atoms with Gasteiger partial charge >= 0.3 is 0 Å². The van der Waals surface area contributed by atoms with Gasteiger partial charge in [0.15, 0.2) is 0 Å². The van der Waals surface area contributed by atoms with Crippen molar-refractivity contribution in [3.05, 3.63) is 59.9 Å². The fourth-order valence-electron chi connectivity index (χ4n) is 1.58. The van der Waals surface area contributed by atoms with E-state index in [4.69, 9.17) is 0 Å². The van der Waals surface area contributed by atoms with Crippen molar-refractivity contribution >= 4 is 10.0 Å². The normalized spacial score (nSPS) is 11.4. The molecule has 0 spiro atoms. The molecular weight excluding hydrogens is 269 g/mol. The monoisotopic (exact) mass is 281 g/mol. The summed E-state index contributed by atoms with van der Waals surface area (Å²) in [7, 11) is -3.87. The molecule has 0 aliphatic carbocycles. The maximum absolute atomic E-state index is 13.4. The summed E-state index contributed by atoms with van der Waals surface area (Å²) in [5.41, 5.74) is 0.237. The van der Waals surface area contributed by atoms with Gasteiger partial charge in [-0.25, -0.2) is 17.5 Å². The summed E-state index contributed by atoms with van der Waals surface area (Å²) < 4.78 is 39.5. The van der Waals surface area contributed by atoms with Crippen LogP contribution < -0.4 is 4.72 Å². The van der Waals surface area contributed by atoms with Gasteiger partial charge in [0, 0.05) is 12.1 Å². The minimum Gasteiger partial charge on any atom is -0.507 e. The predicted molar refractivity (Wildman–Crippen MR) is 68.5 cm³/mol. The lowest BCUT2D eigenvalue weighted by atomic mass is 10.2. The Kier molecular flexibility index (Phi) is 3.82. The first-order valence-corrected chi connectivity index (χ1v) is 7.00. The highest BCUT2D eigenvalue weighted by Crippen LogP contribution is 2.21. The van der Waals surface area contributed by atoms with E-state index in [0.717, 1.165) is 0 Å². The molecule has 0 aromatic heterocycles. The van der Waals surface area contributed by atoms with Gasteiger partial charge in [0.25, 0.3) is 0 Å². The van der Waals surface area contributed by atoms with Gasteiger partial charge < -0.3 is 5.11 Å². The highest BCUT2D eigenvalue weighted by atomic mass is 32.2. The Balaban J connectivity index is 2.20. The molecule has 2 aromatic carbocycles. The van der Waals surface area contributed by atoms with E-state index in [0.29, 0.717) is 0 Å². The molecule has 0 aliphatic heterocycles. The Morgan fingerprint density at radius 3 is 2.37 bits per heavy atom. The lowest BCUT2D eigenvalue weighted by Gasteiger charge is -2.08. The van der Waals surface area contributed by atoms with Crippen LogP contribution in [0.5, 0.6) is 5.75 Å². The van der Waals surface area contributed by atoms with Crippen molar-refractivity contribution in [2.24, 2.45) is 0 Å². The zero-order chi connectivity index (χ0) is 13.9. The predicted octanol–water partition coefficient (Wildman–Crippen LogP) is 2.01. The van der Waals surface area contributed by atoms with Crippen LogP contribution in [0.2, 0.25) is 0 Å². The third-order valence-electron chi connectivity index (χ3n) is 2.57. The van der Waals surface area contributed by atoms with Crippen LogP contribution in [0.4, 0.5) is 4.39 Å². The third kappa shape index (κ3) is 3.10. The van der Waals surface area contributed by atoms with Gasteiger partial charge in [-0.1, -0.05) is 30.3 Å². The molecule has 2 rings (SSSR count). The Labute approximate surface area is 110 Å². The summed E-state index contributed by atoms with van der Waals surface area (Å²) >= 11 is 0. The molecule has 4 nitrogen and oxygen atoms in total. The van der Waals surface area contributed by atoms with Crippen molar-refractivity contribution in [2.45, 2.75) is 11.4 Å². The quantitative estimate of drug-likeness (QED) is 0.901. The molecule has 0 unspecified atom stereocenters. The minimum atomic E-state index is -3.87. The lowest BCUT2D eigenvalue weighted by Crippen LogP contribution is -2.23. The Hall–Kier alpha value is -1.92. The van der Waals surface area contributed by atoms with Crippen LogP contribution in [-0.2, 0) is 16.6 Å². The molecular formula is C13H12FNO3S. The van der Waals surface area contributed by atoms with Gasteiger partial charge in [0.2, 0.25) is 10.0 Å². The fourth-order valence-corrected chi connectivity index (χ4v) is 2.68. The van der Waals surface area contributed by atoms with Crippen molar-refractivity contribution in [3.8, 4) is 5.75 Å². The number of hydrogen-bond donors (Lipinski definition) is 2. The van der Waals surface area contributed by atoms with Gasteiger partial charge in [-0.15, -0.1) is 0 Å². The molecule has 0 saturated heterocycles. The smallest absolute Gasteiger partial charge is 0.244 e. The first-order chi connectivity index (χ1) is 9.00. The van der Waals surface area contributed by atoms with Gasteiger partial charge in [-0.05, 0) is 18.2 Å². The van der Waals surface area contributed by atoms with Crippen molar-refractivity contribution in [2.75, 3.05) is 0 Å². The average Bonchev–Trinajstić information content (AvgIpc) is 2.38. The van der Waals surface area contributed by atoms with E-state index in [-0.39, 0.29) is 22.8 Å². The molecule has 0 amide bonds. The molecule has 0 aliphatic rings. The summed E-state index contributed by atoms with van der Waals surface area (Å²) in [6, 6.07) is 11.5. The van der Waals surface area contributed by atoms with Crippen LogP contribution in [0.25, 0.3) is 0 Å². The van der Waals surface area contributed by atoms with Crippen molar-refractivity contribution in [1.29, 1.82) is 0 Å². The maximum Gasteiger partial charge on any atom is 0.244 e. The summed E-state index contributed by atoms with van der Waals surface area (Å²) in [6.07, 6.45) is 0. The number of hydrogen-bond acceptors (Lipinski definition) is 3. The topological polar surface area (TPSA) is 66.4 Å². The maximum atomic E-state index is 13.4. The number of phenolic OH excluding ortho intramolecular Hbond substituents is 1. The van der Waals surface area contributed by atoms with Gasteiger partial charge in [-0.3, -0.25) is 0 Å². The fraction of sp³-hybridized carbons (Fsp3) is 0.0769. The highest BCUT2D eigenvalue weighted by Gasteiger charge is 2.18. The number of para-hydroxylation sites is 1. The van der Waals surface area contributed by atoms with E-state index in [2.05, 4.69) is 4.72 Å². The summed E-state index contributed by atoms with van der Waals surface area (Å²) in [5.74, 6) is -0.828. The second kappa shape index (κ2) is 5.38. The number of rotatable bonds is 4. The van der Waals surface area contributed by atoms with E-state index < -0.39 is 15.8 Å². The van der Waals surface area contributed by atoms with Crippen LogP contribution in [0.3, 0.4) is 0 Å². The molecule has 0 fully saturated rings.